The summed E-state index contributed by atoms with van der Waals surface area (Å²) in [5.74, 6) is 7.69. The van der Waals surface area contributed by atoms with E-state index in [-0.39, 0.29) is 40.9 Å². The summed E-state index contributed by atoms with van der Waals surface area (Å²) in [6.07, 6.45) is 41.0. The van der Waals surface area contributed by atoms with Crippen LogP contribution in [0.2, 0.25) is 0 Å². The summed E-state index contributed by atoms with van der Waals surface area (Å²) in [5, 5.41) is 0. The second kappa shape index (κ2) is 19.4. The summed E-state index contributed by atoms with van der Waals surface area (Å²) < 4.78 is 12.2. The van der Waals surface area contributed by atoms with Crippen molar-refractivity contribution in [2.75, 3.05) is 0 Å². The number of hydrogen-bond acceptors (Lipinski definition) is 4. The molecule has 0 bridgehead atoms. The third kappa shape index (κ3) is 9.44. The van der Waals surface area contributed by atoms with Crippen LogP contribution in [0.5, 0.6) is 0 Å². The number of carbonyl (C=O) groups excluding carboxylic acids is 2. The maximum absolute atomic E-state index is 13.4. The van der Waals surface area contributed by atoms with Crippen molar-refractivity contribution in [3.05, 3.63) is 70.9 Å². The molecule has 8 rings (SSSR count). The lowest BCUT2D eigenvalue weighted by molar-refractivity contribution is -0.153. The molecule has 0 heterocycles. The van der Waals surface area contributed by atoms with Crippen molar-refractivity contribution in [1.29, 1.82) is 0 Å². The number of rotatable bonds is 13. The zero-order chi connectivity index (χ0) is 46.5. The zero-order valence-corrected chi connectivity index (χ0v) is 43.2. The Hall–Kier alpha value is -2.62. The van der Waals surface area contributed by atoms with E-state index in [2.05, 4.69) is 118 Å². The van der Waals surface area contributed by atoms with Gasteiger partial charge in [-0.3, -0.25) is 9.59 Å². The number of fused-ring (bicyclic) bond motifs is 10. The SMILES string of the molecule is CCC(=O)O[C@H]1CC[C@@]2(C)C(=CC[C@@H]3C2CC[C@]2(C)[C@@H]([C@H](C)/C=C\C=C(/C)CC(C)CC(=O)O[C@H]4CC[C@@]5(C)C(=CC[C@@H]6C5CC[C@]5(C)[C@@H]([C@H](C)/C=C\C=C(C)C)CC[C@@H]65)C4)CC[C@@H]32)C1. The molecule has 4 nitrogen and oxygen atoms in total. The largest absolute Gasteiger partial charge is 0.462 e. The average Bonchev–Trinajstić information content (AvgIpc) is 3.80. The molecule has 0 saturated heterocycles. The van der Waals surface area contributed by atoms with Crippen LogP contribution in [0.4, 0.5) is 0 Å². The van der Waals surface area contributed by atoms with E-state index in [9.17, 15) is 9.59 Å². The van der Waals surface area contributed by atoms with Gasteiger partial charge in [-0.25, -0.2) is 0 Å². The molecule has 4 heteroatoms. The number of allylic oxidation sites excluding steroid dienone is 10. The highest BCUT2D eigenvalue weighted by Crippen LogP contribution is 2.69. The van der Waals surface area contributed by atoms with Gasteiger partial charge < -0.3 is 9.47 Å². The van der Waals surface area contributed by atoms with E-state index < -0.39 is 0 Å². The number of carbonyl (C=O) groups is 2. The van der Waals surface area contributed by atoms with Crippen molar-refractivity contribution in [3.63, 3.8) is 0 Å². The molecule has 8 aliphatic carbocycles. The van der Waals surface area contributed by atoms with E-state index >= 15 is 0 Å². The molecule has 0 radical (unpaired) electrons. The van der Waals surface area contributed by atoms with Gasteiger partial charge in [-0.05, 0) is 204 Å². The van der Waals surface area contributed by atoms with Crippen LogP contribution in [0.3, 0.4) is 0 Å². The summed E-state index contributed by atoms with van der Waals surface area (Å²) in [5.41, 5.74) is 7.31. The highest BCUT2D eigenvalue weighted by atomic mass is 16.5. The fourth-order valence-electron chi connectivity index (χ4n) is 17.8. The van der Waals surface area contributed by atoms with Crippen LogP contribution >= 0.6 is 0 Å². The Bertz CT molecular complexity index is 1940. The van der Waals surface area contributed by atoms with E-state index in [0.29, 0.717) is 35.5 Å². The van der Waals surface area contributed by atoms with Crippen LogP contribution in [0, 0.1) is 86.8 Å². The van der Waals surface area contributed by atoms with Gasteiger partial charge in [-0.2, -0.15) is 0 Å². The fraction of sp³-hybridized carbons (Fsp3) is 0.770. The fourth-order valence-corrected chi connectivity index (χ4v) is 17.8. The Morgan fingerprint density at radius 2 is 1.09 bits per heavy atom. The second-order valence-corrected chi connectivity index (χ2v) is 25.3. The van der Waals surface area contributed by atoms with Gasteiger partial charge in [0, 0.05) is 25.7 Å². The summed E-state index contributed by atoms with van der Waals surface area (Å²) in [7, 11) is 0. The number of esters is 2. The van der Waals surface area contributed by atoms with Gasteiger partial charge in [0.15, 0.2) is 0 Å². The predicted molar refractivity (Wildman–Crippen MR) is 269 cm³/mol. The Morgan fingerprint density at radius 3 is 1.57 bits per heavy atom. The van der Waals surface area contributed by atoms with Gasteiger partial charge in [-0.15, -0.1) is 0 Å². The molecule has 0 aromatic rings. The van der Waals surface area contributed by atoms with E-state index in [1.165, 1.54) is 75.4 Å². The first-order valence-electron chi connectivity index (χ1n) is 27.3. The maximum atomic E-state index is 13.4. The lowest BCUT2D eigenvalue weighted by Crippen LogP contribution is -2.51. The molecule has 6 fully saturated rings. The minimum Gasteiger partial charge on any atom is -0.462 e. The molecule has 0 amide bonds. The molecule has 0 aliphatic heterocycles. The lowest BCUT2D eigenvalue weighted by Gasteiger charge is -2.58. The van der Waals surface area contributed by atoms with Gasteiger partial charge in [0.2, 0.25) is 0 Å². The summed E-state index contributed by atoms with van der Waals surface area (Å²) in [4.78, 5) is 25.5. The molecule has 360 valence electrons. The standard InChI is InChI=1S/C61H92O4/c1-12-56(62)64-46-27-31-58(8)44(37-46)19-21-48-53-26-24-51(61(53,11)34-30-54(48)58)43(7)18-14-16-40(4)35-41(5)36-57(63)65-47-28-32-59(9)45(38-47)20-22-49-52-25-23-50(42(6)17-13-15-39(2)3)60(52,10)33-29-55(49)59/h13-20,41-43,46-55H,12,21-38H2,1-11H3/b17-13-,18-14-,40-16+/t41?,42-,43-,46+,47+,48+,49+,50-,51-,52+,53+,54?,55?,58+,59+,60-,61-/m1/s1. The van der Waals surface area contributed by atoms with Crippen LogP contribution in [0.15, 0.2) is 70.9 Å². The van der Waals surface area contributed by atoms with Crippen LogP contribution in [-0.4, -0.2) is 24.1 Å². The van der Waals surface area contributed by atoms with E-state index in [4.69, 9.17) is 9.47 Å². The highest BCUT2D eigenvalue weighted by Gasteiger charge is 2.61. The van der Waals surface area contributed by atoms with Crippen molar-refractivity contribution >= 4 is 11.9 Å². The van der Waals surface area contributed by atoms with E-state index in [1.807, 2.05) is 6.92 Å². The van der Waals surface area contributed by atoms with Crippen LogP contribution < -0.4 is 0 Å². The first kappa shape index (κ1) is 48.8. The summed E-state index contributed by atoms with van der Waals surface area (Å²) >= 11 is 0. The highest BCUT2D eigenvalue weighted by molar-refractivity contribution is 5.70. The molecular formula is C61H92O4. The molecule has 0 N–H and O–H groups in total. The average molecular weight is 889 g/mol. The third-order valence-electron chi connectivity index (χ3n) is 21.2. The van der Waals surface area contributed by atoms with Crippen LogP contribution in [-0.2, 0) is 19.1 Å². The summed E-state index contributed by atoms with van der Waals surface area (Å²) in [6, 6.07) is 0. The topological polar surface area (TPSA) is 52.6 Å². The first-order valence-corrected chi connectivity index (χ1v) is 27.3. The third-order valence-corrected chi connectivity index (χ3v) is 21.2. The Kier molecular flexibility index (Phi) is 14.6. The van der Waals surface area contributed by atoms with Crippen LogP contribution in [0.25, 0.3) is 0 Å². The monoisotopic (exact) mass is 889 g/mol. The van der Waals surface area contributed by atoms with E-state index in [0.717, 1.165) is 92.3 Å². The molecular weight excluding hydrogens is 797 g/mol. The first-order chi connectivity index (χ1) is 30.9. The number of hydrogen-bond donors (Lipinski definition) is 0. The molecule has 17 atom stereocenters. The van der Waals surface area contributed by atoms with Crippen molar-refractivity contribution in [3.8, 4) is 0 Å². The molecule has 0 aromatic carbocycles. The van der Waals surface area contributed by atoms with Gasteiger partial charge >= 0.3 is 11.9 Å². The predicted octanol–water partition coefficient (Wildman–Crippen LogP) is 16.1. The van der Waals surface area contributed by atoms with Crippen molar-refractivity contribution in [1.82, 2.24) is 0 Å². The summed E-state index contributed by atoms with van der Waals surface area (Å²) in [6.45, 7) is 26.1. The van der Waals surface area contributed by atoms with Crippen molar-refractivity contribution < 1.29 is 19.1 Å². The molecule has 8 aliphatic rings. The van der Waals surface area contributed by atoms with E-state index in [1.54, 1.807) is 11.1 Å². The maximum Gasteiger partial charge on any atom is 0.306 e. The van der Waals surface area contributed by atoms with Gasteiger partial charge in [-0.1, -0.05) is 126 Å². The molecule has 6 saturated carbocycles. The van der Waals surface area contributed by atoms with Gasteiger partial charge in [0.05, 0.1) is 0 Å². The van der Waals surface area contributed by atoms with Crippen molar-refractivity contribution in [2.45, 2.75) is 210 Å². The Labute approximate surface area is 397 Å². The van der Waals surface area contributed by atoms with Gasteiger partial charge in [0.25, 0.3) is 0 Å². The molecule has 65 heavy (non-hydrogen) atoms. The second-order valence-electron chi connectivity index (χ2n) is 25.3. The zero-order valence-electron chi connectivity index (χ0n) is 43.2. The minimum atomic E-state index is -0.0472. The molecule has 3 unspecified atom stereocenters. The van der Waals surface area contributed by atoms with Crippen LogP contribution in [0.1, 0.15) is 198 Å². The Balaban J connectivity index is 0.795. The molecule has 0 spiro atoms. The minimum absolute atomic E-state index is 0.00173. The molecule has 0 aromatic heterocycles. The Morgan fingerprint density at radius 1 is 0.615 bits per heavy atom. The number of ether oxygens (including phenoxy) is 2. The smallest absolute Gasteiger partial charge is 0.306 e. The quantitative estimate of drug-likeness (QED) is 0.105. The van der Waals surface area contributed by atoms with Crippen molar-refractivity contribution in [2.24, 2.45) is 86.8 Å². The normalized spacial score (nSPS) is 42.5. The van der Waals surface area contributed by atoms with Gasteiger partial charge in [0.1, 0.15) is 12.2 Å². The lowest BCUT2D eigenvalue weighted by atomic mass is 9.47.